The predicted molar refractivity (Wildman–Crippen MR) is 133 cm³/mol. The van der Waals surface area contributed by atoms with Crippen molar-refractivity contribution in [2.45, 2.75) is 69.9 Å². The predicted octanol–water partition coefficient (Wildman–Crippen LogP) is 4.94. The summed E-state index contributed by atoms with van der Waals surface area (Å²) >= 11 is 0. The second-order valence-corrected chi connectivity index (χ2v) is 10.1. The molecule has 35 heavy (non-hydrogen) atoms. The number of likely N-dealkylation sites (N-methyl/N-ethyl adjacent to an activating group) is 1. The number of fused-ring (bicyclic) bond motifs is 3. The maximum atomic E-state index is 13.2. The van der Waals surface area contributed by atoms with E-state index in [1.54, 1.807) is 6.92 Å². The first-order chi connectivity index (χ1) is 16.7. The second-order valence-electron chi connectivity index (χ2n) is 10.1. The molecule has 0 aliphatic heterocycles. The lowest BCUT2D eigenvalue weighted by atomic mass is 9.91. The van der Waals surface area contributed by atoms with Crippen molar-refractivity contribution in [2.75, 3.05) is 13.2 Å². The Kier molecular flexibility index (Phi) is 6.88. The highest BCUT2D eigenvalue weighted by Crippen LogP contribution is 2.44. The molecule has 2 aromatic carbocycles. The van der Waals surface area contributed by atoms with Crippen molar-refractivity contribution in [1.82, 2.24) is 10.2 Å². The van der Waals surface area contributed by atoms with Crippen molar-refractivity contribution >= 4 is 18.0 Å². The minimum atomic E-state index is -1.32. The van der Waals surface area contributed by atoms with E-state index in [0.717, 1.165) is 35.1 Å². The van der Waals surface area contributed by atoms with Crippen LogP contribution < -0.4 is 5.32 Å². The number of carbonyl (C=O) groups is 3. The third-order valence-electron chi connectivity index (χ3n) is 7.58. The summed E-state index contributed by atoms with van der Waals surface area (Å²) in [7, 11) is 0. The molecule has 7 nitrogen and oxygen atoms in total. The molecule has 0 radical (unpaired) electrons. The van der Waals surface area contributed by atoms with E-state index in [9.17, 15) is 19.5 Å². The third-order valence-corrected chi connectivity index (χ3v) is 7.58. The quantitative estimate of drug-likeness (QED) is 0.560. The molecule has 2 N–H and O–H groups in total. The highest BCUT2D eigenvalue weighted by molar-refractivity contribution is 5.87. The summed E-state index contributed by atoms with van der Waals surface area (Å²) in [6.07, 6.45) is 2.63. The number of carboxylic acids is 1. The maximum absolute atomic E-state index is 13.2. The molecular formula is C28H34N2O5. The zero-order valence-corrected chi connectivity index (χ0v) is 20.7. The number of benzene rings is 2. The van der Waals surface area contributed by atoms with Gasteiger partial charge in [0, 0.05) is 12.5 Å². The molecule has 0 heterocycles. The molecular weight excluding hydrogens is 444 g/mol. The molecule has 2 aromatic rings. The number of alkyl carbamates (subject to hydrolysis) is 1. The molecule has 4 rings (SSSR count). The van der Waals surface area contributed by atoms with Gasteiger partial charge in [-0.1, -0.05) is 61.4 Å². The average Bonchev–Trinajstić information content (AvgIpc) is 3.40. The van der Waals surface area contributed by atoms with Crippen molar-refractivity contribution in [2.24, 2.45) is 0 Å². The fraction of sp³-hybridized carbons (Fsp3) is 0.464. The lowest BCUT2D eigenvalue weighted by molar-refractivity contribution is -0.157. The highest BCUT2D eigenvalue weighted by atomic mass is 16.5. The fourth-order valence-corrected chi connectivity index (χ4v) is 5.63. The Morgan fingerprint density at radius 3 is 2.09 bits per heavy atom. The number of rotatable bonds is 8. The normalized spacial score (nSPS) is 16.3. The molecule has 0 spiro atoms. The Hall–Kier alpha value is -3.35. The first-order valence-corrected chi connectivity index (χ1v) is 12.4. The molecule has 1 fully saturated rings. The van der Waals surface area contributed by atoms with Crippen LogP contribution in [0.4, 0.5) is 4.79 Å². The number of hydrogen-bond donors (Lipinski definition) is 2. The molecule has 0 bridgehead atoms. The molecule has 2 aliphatic rings. The first kappa shape index (κ1) is 24.8. The van der Waals surface area contributed by atoms with Gasteiger partial charge in [0.2, 0.25) is 5.91 Å². The number of nitrogens with one attached hydrogen (secondary N) is 1. The molecule has 0 unspecified atom stereocenters. The van der Waals surface area contributed by atoms with Gasteiger partial charge in [-0.25, -0.2) is 9.59 Å². The lowest BCUT2D eigenvalue weighted by Crippen LogP contribution is -2.56. The number of carbonyl (C=O) groups excluding carboxylic acids is 2. The number of ether oxygens (including phenoxy) is 1. The van der Waals surface area contributed by atoms with E-state index >= 15 is 0 Å². The summed E-state index contributed by atoms with van der Waals surface area (Å²) in [5.74, 6) is -1.38. The van der Waals surface area contributed by atoms with Crippen LogP contribution in [0.2, 0.25) is 0 Å². The van der Waals surface area contributed by atoms with Gasteiger partial charge < -0.3 is 20.1 Å². The van der Waals surface area contributed by atoms with Crippen LogP contribution in [0.15, 0.2) is 48.5 Å². The zero-order chi connectivity index (χ0) is 25.2. The van der Waals surface area contributed by atoms with Crippen LogP contribution in [-0.2, 0) is 14.3 Å². The Morgan fingerprint density at radius 2 is 1.57 bits per heavy atom. The zero-order valence-electron chi connectivity index (χ0n) is 20.7. The number of aliphatic carboxylic acids is 1. The van der Waals surface area contributed by atoms with Gasteiger partial charge in [0.1, 0.15) is 12.1 Å². The van der Waals surface area contributed by atoms with Crippen LogP contribution in [0, 0.1) is 0 Å². The van der Waals surface area contributed by atoms with E-state index in [2.05, 4.69) is 29.6 Å². The number of carboxylic acid groups (broad SMARTS) is 1. The van der Waals surface area contributed by atoms with Gasteiger partial charge in [-0.05, 0) is 55.9 Å². The largest absolute Gasteiger partial charge is 0.480 e. The maximum Gasteiger partial charge on any atom is 0.407 e. The molecule has 0 aromatic heterocycles. The Bertz CT molecular complexity index is 1070. The minimum Gasteiger partial charge on any atom is -0.480 e. The van der Waals surface area contributed by atoms with Gasteiger partial charge in [-0.15, -0.1) is 0 Å². The summed E-state index contributed by atoms with van der Waals surface area (Å²) in [5, 5.41) is 12.6. The van der Waals surface area contributed by atoms with Crippen molar-refractivity contribution in [3.8, 4) is 11.1 Å². The van der Waals surface area contributed by atoms with E-state index in [4.69, 9.17) is 4.74 Å². The van der Waals surface area contributed by atoms with Crippen LogP contribution in [0.5, 0.6) is 0 Å². The highest BCUT2D eigenvalue weighted by Gasteiger charge is 2.43. The summed E-state index contributed by atoms with van der Waals surface area (Å²) in [4.78, 5) is 39.2. The van der Waals surface area contributed by atoms with Crippen LogP contribution >= 0.6 is 0 Å². The van der Waals surface area contributed by atoms with E-state index in [0.29, 0.717) is 12.8 Å². The van der Waals surface area contributed by atoms with Crippen LogP contribution in [0.3, 0.4) is 0 Å². The Labute approximate surface area is 206 Å². The van der Waals surface area contributed by atoms with Crippen molar-refractivity contribution < 1.29 is 24.2 Å². The molecule has 0 saturated heterocycles. The Balaban J connectivity index is 1.45. The summed E-state index contributed by atoms with van der Waals surface area (Å²) in [6.45, 7) is 5.30. The molecule has 2 amide bonds. The van der Waals surface area contributed by atoms with Crippen molar-refractivity contribution in [3.63, 3.8) is 0 Å². The first-order valence-electron chi connectivity index (χ1n) is 12.4. The van der Waals surface area contributed by atoms with E-state index in [-0.39, 0.29) is 31.4 Å². The number of nitrogens with zero attached hydrogens (tertiary/aromatic N) is 1. The van der Waals surface area contributed by atoms with E-state index in [1.165, 1.54) is 18.7 Å². The fourth-order valence-electron chi connectivity index (χ4n) is 5.63. The van der Waals surface area contributed by atoms with E-state index in [1.807, 2.05) is 24.3 Å². The summed E-state index contributed by atoms with van der Waals surface area (Å²) in [5.41, 5.74) is 2.56. The molecule has 186 valence electrons. The van der Waals surface area contributed by atoms with Gasteiger partial charge >= 0.3 is 12.1 Å². The standard InChI is InChI=1S/C28H34N2O5/c1-4-30(27(2,3)25(32)33)24(31)17-28(15-9-10-16-28)29-26(34)35-18-23-21-13-7-5-11-19(21)20-12-6-8-14-22(20)23/h5-8,11-14,23H,4,9-10,15-18H2,1-3H3,(H,29,34)(H,32,33). The lowest BCUT2D eigenvalue weighted by Gasteiger charge is -2.37. The van der Waals surface area contributed by atoms with Crippen molar-refractivity contribution in [3.05, 3.63) is 59.7 Å². The van der Waals surface area contributed by atoms with E-state index < -0.39 is 23.1 Å². The second kappa shape index (κ2) is 9.72. The number of hydrogen-bond acceptors (Lipinski definition) is 4. The van der Waals surface area contributed by atoms with Crippen LogP contribution in [0.25, 0.3) is 11.1 Å². The van der Waals surface area contributed by atoms with Crippen LogP contribution in [0.1, 0.15) is 69.9 Å². The monoisotopic (exact) mass is 478 g/mol. The summed E-state index contributed by atoms with van der Waals surface area (Å²) in [6, 6.07) is 16.3. The Morgan fingerprint density at radius 1 is 1.03 bits per heavy atom. The minimum absolute atomic E-state index is 0.0405. The van der Waals surface area contributed by atoms with Gasteiger partial charge in [-0.2, -0.15) is 0 Å². The smallest absolute Gasteiger partial charge is 0.407 e. The SMILES string of the molecule is CCN(C(=O)CC1(NC(=O)OCC2c3ccccc3-c3ccccc32)CCCC1)C(C)(C)C(=O)O. The van der Waals surface area contributed by atoms with Gasteiger partial charge in [0.25, 0.3) is 0 Å². The molecule has 2 aliphatic carbocycles. The molecule has 0 atom stereocenters. The van der Waals surface area contributed by atoms with Gasteiger partial charge in [0.15, 0.2) is 0 Å². The van der Waals surface area contributed by atoms with Crippen LogP contribution in [-0.4, -0.2) is 52.2 Å². The van der Waals surface area contributed by atoms with Gasteiger partial charge in [-0.3, -0.25) is 4.79 Å². The molecule has 7 heteroatoms. The molecule has 1 saturated carbocycles. The van der Waals surface area contributed by atoms with Crippen molar-refractivity contribution in [1.29, 1.82) is 0 Å². The topological polar surface area (TPSA) is 95.9 Å². The van der Waals surface area contributed by atoms with Gasteiger partial charge in [0.05, 0.1) is 12.0 Å². The summed E-state index contributed by atoms with van der Waals surface area (Å²) < 4.78 is 5.73. The number of amides is 2. The third kappa shape index (κ3) is 4.77. The average molecular weight is 479 g/mol.